The van der Waals surface area contributed by atoms with Crippen LogP contribution in [0.4, 0.5) is 0 Å². The lowest BCUT2D eigenvalue weighted by molar-refractivity contribution is -0.135. The van der Waals surface area contributed by atoms with Crippen molar-refractivity contribution < 1.29 is 4.79 Å². The van der Waals surface area contributed by atoms with Crippen molar-refractivity contribution in [3.05, 3.63) is 35.9 Å². The van der Waals surface area contributed by atoms with Crippen LogP contribution in [0.2, 0.25) is 0 Å². The van der Waals surface area contributed by atoms with Gasteiger partial charge in [0.15, 0.2) is 0 Å². The average molecular weight is 336 g/mol. The molecule has 1 heterocycles. The number of amides is 1. The molecule has 1 saturated heterocycles. The van der Waals surface area contributed by atoms with Gasteiger partial charge in [-0.15, -0.1) is 0 Å². The normalized spacial score (nSPS) is 23.4. The van der Waals surface area contributed by atoms with E-state index in [0.717, 1.165) is 38.8 Å². The number of carbonyl (C=O) groups excluding carboxylic acids is 1. The van der Waals surface area contributed by atoms with E-state index in [1.165, 1.54) is 5.56 Å². The molecule has 2 fully saturated rings. The number of rotatable bonds is 3. The molecule has 3 heteroatoms. The number of likely N-dealkylation sites (tertiary alicyclic amines) is 1. The van der Waals surface area contributed by atoms with Gasteiger partial charge < -0.3 is 4.90 Å². The number of halogens is 1. The molecule has 1 aromatic carbocycles. The fraction of sp³-hybridized carbons (Fsp3) is 0.588. The van der Waals surface area contributed by atoms with Gasteiger partial charge in [0.1, 0.15) is 0 Å². The van der Waals surface area contributed by atoms with Crippen LogP contribution in [-0.4, -0.2) is 28.7 Å². The molecule has 0 aromatic heterocycles. The second-order valence-corrected chi connectivity index (χ2v) is 7.70. The average Bonchev–Trinajstić information content (AvgIpc) is 3.29. The number of hydrogen-bond donors (Lipinski definition) is 0. The molecule has 1 aliphatic heterocycles. The molecule has 20 heavy (non-hydrogen) atoms. The summed E-state index contributed by atoms with van der Waals surface area (Å²) in [4.78, 5) is 15.5. The first-order chi connectivity index (χ1) is 9.63. The Morgan fingerprint density at radius 1 is 1.25 bits per heavy atom. The van der Waals surface area contributed by atoms with Crippen LogP contribution in [0.15, 0.2) is 30.3 Å². The molecule has 2 aliphatic rings. The first kappa shape index (κ1) is 14.1. The highest BCUT2D eigenvalue weighted by Gasteiger charge is 2.53. The molecule has 0 radical (unpaired) electrons. The van der Waals surface area contributed by atoms with Gasteiger partial charge in [0.05, 0.1) is 5.41 Å². The van der Waals surface area contributed by atoms with Crippen LogP contribution in [0, 0.1) is 5.92 Å². The summed E-state index contributed by atoms with van der Waals surface area (Å²) < 4.78 is 0. The lowest BCUT2D eigenvalue weighted by Gasteiger charge is -2.35. The Bertz CT molecular complexity index is 473. The van der Waals surface area contributed by atoms with Crippen molar-refractivity contribution in [3.8, 4) is 0 Å². The largest absolute Gasteiger partial charge is 0.342 e. The second kappa shape index (κ2) is 5.51. The monoisotopic (exact) mass is 335 g/mol. The van der Waals surface area contributed by atoms with Gasteiger partial charge >= 0.3 is 0 Å². The molecule has 0 spiro atoms. The number of benzene rings is 1. The molecule has 1 atom stereocenters. The van der Waals surface area contributed by atoms with E-state index in [2.05, 4.69) is 39.9 Å². The van der Waals surface area contributed by atoms with Crippen molar-refractivity contribution in [3.63, 3.8) is 0 Å². The molecule has 3 rings (SSSR count). The Morgan fingerprint density at radius 2 is 1.85 bits per heavy atom. The topological polar surface area (TPSA) is 20.3 Å². The van der Waals surface area contributed by atoms with Gasteiger partial charge in [-0.05, 0) is 37.2 Å². The van der Waals surface area contributed by atoms with Crippen molar-refractivity contribution in [1.82, 2.24) is 4.90 Å². The molecule has 1 saturated carbocycles. The van der Waals surface area contributed by atoms with Gasteiger partial charge in [0.25, 0.3) is 0 Å². The highest BCUT2D eigenvalue weighted by Crippen LogP contribution is 2.50. The smallest absolute Gasteiger partial charge is 0.233 e. The van der Waals surface area contributed by atoms with Gasteiger partial charge in [0.2, 0.25) is 5.91 Å². The Hall–Kier alpha value is -0.830. The number of piperidine rings is 1. The summed E-state index contributed by atoms with van der Waals surface area (Å²) in [5, 5.41) is 0. The number of nitrogens with zero attached hydrogens (tertiary/aromatic N) is 1. The molecule has 1 amide bonds. The molecule has 1 aromatic rings. The van der Waals surface area contributed by atoms with E-state index in [0.29, 0.717) is 16.7 Å². The van der Waals surface area contributed by atoms with Crippen molar-refractivity contribution in [2.24, 2.45) is 5.92 Å². The van der Waals surface area contributed by atoms with Crippen molar-refractivity contribution in [1.29, 1.82) is 0 Å². The molecule has 1 unspecified atom stereocenters. The minimum absolute atomic E-state index is 0.186. The maximum atomic E-state index is 12.9. The van der Waals surface area contributed by atoms with E-state index in [9.17, 15) is 4.79 Å². The zero-order valence-electron chi connectivity index (χ0n) is 12.0. The van der Waals surface area contributed by atoms with Crippen LogP contribution in [0.5, 0.6) is 0 Å². The first-order valence-electron chi connectivity index (χ1n) is 7.62. The number of carbonyl (C=O) groups is 1. The van der Waals surface area contributed by atoms with Crippen molar-refractivity contribution >= 4 is 21.8 Å². The summed E-state index contributed by atoms with van der Waals surface area (Å²) in [5.74, 6) is 1.08. The summed E-state index contributed by atoms with van der Waals surface area (Å²) in [7, 11) is 0. The van der Waals surface area contributed by atoms with E-state index in [-0.39, 0.29) is 5.41 Å². The summed E-state index contributed by atoms with van der Waals surface area (Å²) in [6.45, 7) is 4.07. The van der Waals surface area contributed by atoms with Gasteiger partial charge in [-0.25, -0.2) is 0 Å². The Labute approximate surface area is 129 Å². The molecular formula is C17H22BrNO. The third-order valence-electron chi connectivity index (χ3n) is 4.96. The van der Waals surface area contributed by atoms with Gasteiger partial charge in [-0.3, -0.25) is 4.79 Å². The van der Waals surface area contributed by atoms with Crippen LogP contribution in [0.3, 0.4) is 0 Å². The molecule has 108 valence electrons. The maximum Gasteiger partial charge on any atom is 0.233 e. The van der Waals surface area contributed by atoms with Crippen LogP contribution in [0.1, 0.15) is 38.2 Å². The van der Waals surface area contributed by atoms with E-state index in [1.54, 1.807) is 0 Å². The van der Waals surface area contributed by atoms with Crippen LogP contribution >= 0.6 is 15.9 Å². The molecule has 0 bridgehead atoms. The van der Waals surface area contributed by atoms with E-state index in [1.807, 2.05) is 18.2 Å². The van der Waals surface area contributed by atoms with Gasteiger partial charge in [0, 0.05) is 17.9 Å². The van der Waals surface area contributed by atoms with Crippen molar-refractivity contribution in [2.45, 2.75) is 42.8 Å². The fourth-order valence-corrected chi connectivity index (χ4v) is 3.90. The SMILES string of the molecule is CC(Br)C1CCN(C(=O)C2(c3ccccc3)CC2)CC1. The number of hydrogen-bond acceptors (Lipinski definition) is 1. The van der Waals surface area contributed by atoms with Crippen LogP contribution < -0.4 is 0 Å². The van der Waals surface area contributed by atoms with Gasteiger partial charge in [-0.2, -0.15) is 0 Å². The third kappa shape index (κ3) is 2.52. The highest BCUT2D eigenvalue weighted by atomic mass is 79.9. The highest BCUT2D eigenvalue weighted by molar-refractivity contribution is 9.09. The summed E-state index contributed by atoms with van der Waals surface area (Å²) in [6, 6.07) is 10.3. The molecule has 2 nitrogen and oxygen atoms in total. The van der Waals surface area contributed by atoms with E-state index < -0.39 is 0 Å². The minimum atomic E-state index is -0.186. The van der Waals surface area contributed by atoms with E-state index in [4.69, 9.17) is 0 Å². The summed E-state index contributed by atoms with van der Waals surface area (Å²) in [5.41, 5.74) is 1.02. The fourth-order valence-electron chi connectivity index (χ4n) is 3.37. The van der Waals surface area contributed by atoms with Gasteiger partial charge in [-0.1, -0.05) is 53.2 Å². The third-order valence-corrected chi connectivity index (χ3v) is 5.71. The second-order valence-electron chi connectivity index (χ2n) is 6.26. The Kier molecular flexibility index (Phi) is 3.89. The first-order valence-corrected chi connectivity index (χ1v) is 8.54. The lowest BCUT2D eigenvalue weighted by atomic mass is 9.90. The Balaban J connectivity index is 1.69. The Morgan fingerprint density at radius 3 is 2.35 bits per heavy atom. The predicted molar refractivity (Wildman–Crippen MR) is 85.0 cm³/mol. The molecular weight excluding hydrogens is 314 g/mol. The lowest BCUT2D eigenvalue weighted by Crippen LogP contribution is -2.44. The zero-order valence-corrected chi connectivity index (χ0v) is 13.6. The minimum Gasteiger partial charge on any atom is -0.342 e. The maximum absolute atomic E-state index is 12.9. The van der Waals surface area contributed by atoms with E-state index >= 15 is 0 Å². The predicted octanol–water partition coefficient (Wildman–Crippen LogP) is 3.74. The van der Waals surface area contributed by atoms with Crippen molar-refractivity contribution in [2.75, 3.05) is 13.1 Å². The van der Waals surface area contributed by atoms with Crippen LogP contribution in [0.25, 0.3) is 0 Å². The molecule has 0 N–H and O–H groups in total. The number of alkyl halides is 1. The summed E-state index contributed by atoms with van der Waals surface area (Å²) in [6.07, 6.45) is 4.29. The molecule has 1 aliphatic carbocycles. The van der Waals surface area contributed by atoms with Crippen LogP contribution in [-0.2, 0) is 10.2 Å². The summed E-state index contributed by atoms with van der Waals surface area (Å²) >= 11 is 3.68. The standard InChI is InChI=1S/C17H22BrNO/c1-13(18)14-7-11-19(12-8-14)16(20)17(9-10-17)15-5-3-2-4-6-15/h2-6,13-14H,7-12H2,1H3. The quantitative estimate of drug-likeness (QED) is 0.770. The zero-order chi connectivity index (χ0) is 14.2.